The molecule has 0 atom stereocenters. The number of hydrogen-bond donors (Lipinski definition) is 0. The molecule has 1 aromatic rings. The zero-order chi connectivity index (χ0) is 13.1. The van der Waals surface area contributed by atoms with Crippen molar-refractivity contribution in [2.24, 2.45) is 0 Å². The smallest absolute Gasteiger partial charge is 0.297 e. The molecule has 0 saturated heterocycles. The van der Waals surface area contributed by atoms with Crippen LogP contribution in [0.25, 0.3) is 0 Å². The van der Waals surface area contributed by atoms with Crippen molar-refractivity contribution >= 4 is 10.1 Å². The third kappa shape index (κ3) is 4.46. The highest BCUT2D eigenvalue weighted by molar-refractivity contribution is 7.86. The Morgan fingerprint density at radius 2 is 1.76 bits per heavy atom. The van der Waals surface area contributed by atoms with Crippen molar-refractivity contribution in [3.8, 4) is 0 Å². The second-order valence-electron chi connectivity index (χ2n) is 5.06. The Bertz CT molecular complexity index is 475. The first kappa shape index (κ1) is 14.2. The Morgan fingerprint density at radius 1 is 1.18 bits per heavy atom. The lowest BCUT2D eigenvalue weighted by Crippen LogP contribution is -2.38. The average molecular weight is 258 g/mol. The van der Waals surface area contributed by atoms with Crippen LogP contribution in [0.1, 0.15) is 5.56 Å². The number of nitrogens with zero attached hydrogens (tertiary/aromatic N) is 1. The van der Waals surface area contributed by atoms with Gasteiger partial charge >= 0.3 is 0 Å². The van der Waals surface area contributed by atoms with E-state index in [4.69, 9.17) is 4.18 Å². The second kappa shape index (κ2) is 5.16. The fourth-order valence-corrected chi connectivity index (χ4v) is 2.45. The molecule has 4 nitrogen and oxygen atoms in total. The largest absolute Gasteiger partial charge is 0.329 e. The highest BCUT2D eigenvalue weighted by Gasteiger charge is 2.18. The Labute approximate surface area is 104 Å². The van der Waals surface area contributed by atoms with E-state index in [2.05, 4.69) is 0 Å². The Balaban J connectivity index is 2.74. The van der Waals surface area contributed by atoms with Gasteiger partial charge in [0.25, 0.3) is 10.1 Å². The van der Waals surface area contributed by atoms with Crippen molar-refractivity contribution in [2.45, 2.75) is 11.8 Å². The minimum absolute atomic E-state index is 0.195. The van der Waals surface area contributed by atoms with Crippen LogP contribution in [0.2, 0.25) is 0 Å². The average Bonchev–Trinajstić information content (AvgIpc) is 2.15. The summed E-state index contributed by atoms with van der Waals surface area (Å²) in [6.45, 7) is 2.60. The molecule has 0 aliphatic carbocycles. The van der Waals surface area contributed by atoms with E-state index >= 15 is 0 Å². The summed E-state index contributed by atoms with van der Waals surface area (Å²) in [4.78, 5) is 0.251. The van der Waals surface area contributed by atoms with Gasteiger partial charge in [0.1, 0.15) is 13.2 Å². The molecule has 0 spiro atoms. The van der Waals surface area contributed by atoms with Crippen LogP contribution >= 0.6 is 0 Å². The van der Waals surface area contributed by atoms with E-state index in [1.165, 1.54) is 0 Å². The third-order valence-corrected chi connectivity index (χ3v) is 3.84. The van der Waals surface area contributed by atoms with Crippen LogP contribution in [0.4, 0.5) is 0 Å². The molecule has 0 aliphatic rings. The number of likely N-dealkylation sites (N-methyl/N-ethyl adjacent to an activating group) is 1. The lowest BCUT2D eigenvalue weighted by molar-refractivity contribution is -0.870. The van der Waals surface area contributed by atoms with Crippen molar-refractivity contribution in [1.82, 2.24) is 0 Å². The molecular weight excluding hydrogens is 238 g/mol. The van der Waals surface area contributed by atoms with Gasteiger partial charge in [0.15, 0.2) is 0 Å². The fourth-order valence-electron chi connectivity index (χ4n) is 1.32. The summed E-state index contributed by atoms with van der Waals surface area (Å²) in [5, 5.41) is 0. The van der Waals surface area contributed by atoms with Gasteiger partial charge in [0.2, 0.25) is 0 Å². The van der Waals surface area contributed by atoms with Crippen LogP contribution in [0.15, 0.2) is 29.2 Å². The van der Waals surface area contributed by atoms with Crippen molar-refractivity contribution in [1.29, 1.82) is 0 Å². The quantitative estimate of drug-likeness (QED) is 0.592. The van der Waals surface area contributed by atoms with E-state index in [-0.39, 0.29) is 11.5 Å². The van der Waals surface area contributed by atoms with Gasteiger partial charge in [-0.15, -0.1) is 0 Å². The monoisotopic (exact) mass is 258 g/mol. The molecule has 0 fully saturated rings. The Kier molecular flexibility index (Phi) is 4.30. The van der Waals surface area contributed by atoms with Crippen LogP contribution in [0.5, 0.6) is 0 Å². The van der Waals surface area contributed by atoms with Gasteiger partial charge in [-0.2, -0.15) is 8.42 Å². The molecule has 0 unspecified atom stereocenters. The highest BCUT2D eigenvalue weighted by Crippen LogP contribution is 2.16. The van der Waals surface area contributed by atoms with E-state index in [0.29, 0.717) is 16.6 Å². The summed E-state index contributed by atoms with van der Waals surface area (Å²) in [6, 6.07) is 6.83. The SMILES string of the molecule is Cc1ccccc1S(=O)(=O)OCC[N+](C)(C)C. The maximum atomic E-state index is 11.9. The van der Waals surface area contributed by atoms with Gasteiger partial charge in [0, 0.05) is 0 Å². The van der Waals surface area contributed by atoms with Gasteiger partial charge < -0.3 is 4.48 Å². The van der Waals surface area contributed by atoms with Crippen LogP contribution in [0.3, 0.4) is 0 Å². The molecule has 96 valence electrons. The van der Waals surface area contributed by atoms with E-state index in [1.54, 1.807) is 31.2 Å². The number of benzene rings is 1. The van der Waals surface area contributed by atoms with Crippen molar-refractivity contribution < 1.29 is 17.1 Å². The molecule has 0 N–H and O–H groups in total. The zero-order valence-corrected chi connectivity index (χ0v) is 11.6. The van der Waals surface area contributed by atoms with Gasteiger partial charge in [-0.1, -0.05) is 18.2 Å². The van der Waals surface area contributed by atoms with Gasteiger partial charge in [0.05, 0.1) is 26.0 Å². The van der Waals surface area contributed by atoms with E-state index in [0.717, 1.165) is 0 Å². The molecule has 1 rings (SSSR count). The predicted molar refractivity (Wildman–Crippen MR) is 67.2 cm³/mol. The Morgan fingerprint density at radius 3 is 2.29 bits per heavy atom. The van der Waals surface area contributed by atoms with Gasteiger partial charge in [-0.3, -0.25) is 4.18 Å². The van der Waals surface area contributed by atoms with Crippen LogP contribution in [-0.2, 0) is 14.3 Å². The standard InChI is InChI=1S/C12H20NO3S/c1-11-7-5-6-8-12(11)17(14,15)16-10-9-13(2,3)4/h5-8H,9-10H2,1-4H3/q+1. The first-order valence-electron chi connectivity index (χ1n) is 5.48. The molecule has 1 aromatic carbocycles. The lowest BCUT2D eigenvalue weighted by Gasteiger charge is -2.23. The van der Waals surface area contributed by atoms with Crippen LogP contribution < -0.4 is 0 Å². The van der Waals surface area contributed by atoms with Gasteiger partial charge in [-0.25, -0.2) is 0 Å². The molecule has 5 heteroatoms. The topological polar surface area (TPSA) is 43.4 Å². The maximum absolute atomic E-state index is 11.9. The van der Waals surface area contributed by atoms with Crippen LogP contribution in [-0.4, -0.2) is 47.2 Å². The Hall–Kier alpha value is -0.910. The van der Waals surface area contributed by atoms with Crippen LogP contribution in [0, 0.1) is 6.92 Å². The number of aryl methyl sites for hydroxylation is 1. The summed E-state index contributed by atoms with van der Waals surface area (Å²) < 4.78 is 29.5. The summed E-state index contributed by atoms with van der Waals surface area (Å²) in [5.74, 6) is 0. The molecule has 0 aromatic heterocycles. The molecule has 0 bridgehead atoms. The highest BCUT2D eigenvalue weighted by atomic mass is 32.2. The van der Waals surface area contributed by atoms with E-state index in [1.807, 2.05) is 21.1 Å². The molecular formula is C12H20NO3S+. The first-order valence-corrected chi connectivity index (χ1v) is 6.89. The number of hydrogen-bond acceptors (Lipinski definition) is 3. The lowest BCUT2D eigenvalue weighted by atomic mass is 10.2. The minimum atomic E-state index is -3.62. The van der Waals surface area contributed by atoms with Gasteiger partial charge in [-0.05, 0) is 18.6 Å². The number of quaternary nitrogens is 1. The second-order valence-corrected chi connectivity index (χ2v) is 6.64. The summed E-state index contributed by atoms with van der Waals surface area (Å²) in [5.41, 5.74) is 0.706. The van der Waals surface area contributed by atoms with Crippen molar-refractivity contribution in [3.63, 3.8) is 0 Å². The normalized spacial score (nSPS) is 12.7. The number of rotatable bonds is 5. The summed E-state index contributed by atoms with van der Waals surface area (Å²) >= 11 is 0. The molecule has 0 aliphatic heterocycles. The van der Waals surface area contributed by atoms with Crippen molar-refractivity contribution in [3.05, 3.63) is 29.8 Å². The zero-order valence-electron chi connectivity index (χ0n) is 10.8. The van der Waals surface area contributed by atoms with Crippen molar-refractivity contribution in [2.75, 3.05) is 34.3 Å². The maximum Gasteiger partial charge on any atom is 0.297 e. The van der Waals surface area contributed by atoms with E-state index in [9.17, 15) is 8.42 Å². The molecule has 0 amide bonds. The molecule has 0 radical (unpaired) electrons. The minimum Gasteiger partial charge on any atom is -0.329 e. The molecule has 17 heavy (non-hydrogen) atoms. The fraction of sp³-hybridized carbons (Fsp3) is 0.500. The molecule has 0 heterocycles. The van der Waals surface area contributed by atoms with E-state index < -0.39 is 10.1 Å². The predicted octanol–water partition coefficient (Wildman–Crippen LogP) is 1.41. The third-order valence-electron chi connectivity index (χ3n) is 2.36. The summed E-state index contributed by atoms with van der Waals surface area (Å²) in [6.07, 6.45) is 0. The first-order chi connectivity index (χ1) is 7.72. The molecule has 0 saturated carbocycles. The summed E-state index contributed by atoms with van der Waals surface area (Å²) in [7, 11) is 2.35.